The second kappa shape index (κ2) is 5.50. The molecule has 1 fully saturated rings. The second-order valence-corrected chi connectivity index (χ2v) is 3.26. The Morgan fingerprint density at radius 2 is 2.07 bits per heavy atom. The minimum atomic E-state index is -0.538. The molecule has 1 aliphatic rings. The Hall–Kier alpha value is -1.36. The van der Waals surface area contributed by atoms with Gasteiger partial charge in [0.2, 0.25) is 0 Å². The van der Waals surface area contributed by atoms with Gasteiger partial charge in [-0.05, 0) is 19.4 Å². The second-order valence-electron chi connectivity index (χ2n) is 3.26. The summed E-state index contributed by atoms with van der Waals surface area (Å²) in [5.74, 6) is -1.02. The zero-order chi connectivity index (χ0) is 11.3. The van der Waals surface area contributed by atoms with E-state index in [1.807, 2.05) is 0 Å². The molecule has 1 aliphatic heterocycles. The quantitative estimate of drug-likeness (QED) is 0.528. The van der Waals surface area contributed by atoms with E-state index in [-0.39, 0.29) is 6.04 Å². The Morgan fingerprint density at radius 1 is 1.33 bits per heavy atom. The van der Waals surface area contributed by atoms with E-state index >= 15 is 0 Å². The third-order valence-corrected chi connectivity index (χ3v) is 2.33. The number of esters is 2. The standard InChI is InChI=1S/C10H15NO4/c1-14-9(12)6-7(10(13)15-2)8-4-3-5-11-8/h6,8,11H,3-5H2,1-2H3/b7-6-. The van der Waals surface area contributed by atoms with Crippen LogP contribution in [0, 0.1) is 0 Å². The molecule has 0 bridgehead atoms. The first-order valence-electron chi connectivity index (χ1n) is 4.80. The van der Waals surface area contributed by atoms with Crippen molar-refractivity contribution in [2.24, 2.45) is 0 Å². The van der Waals surface area contributed by atoms with E-state index in [0.717, 1.165) is 19.4 Å². The summed E-state index contributed by atoms with van der Waals surface area (Å²) in [7, 11) is 2.57. The molecule has 0 saturated carbocycles. The van der Waals surface area contributed by atoms with Gasteiger partial charge in [-0.15, -0.1) is 0 Å². The molecular weight excluding hydrogens is 198 g/mol. The molecule has 0 aromatic rings. The van der Waals surface area contributed by atoms with Crippen LogP contribution in [0.15, 0.2) is 11.6 Å². The monoisotopic (exact) mass is 213 g/mol. The number of rotatable bonds is 3. The van der Waals surface area contributed by atoms with Crippen molar-refractivity contribution in [3.05, 3.63) is 11.6 Å². The molecular formula is C10H15NO4. The van der Waals surface area contributed by atoms with Crippen LogP contribution >= 0.6 is 0 Å². The first kappa shape index (κ1) is 11.7. The van der Waals surface area contributed by atoms with Crippen molar-refractivity contribution in [3.63, 3.8) is 0 Å². The number of methoxy groups -OCH3 is 2. The summed E-state index contributed by atoms with van der Waals surface area (Å²) >= 11 is 0. The van der Waals surface area contributed by atoms with E-state index < -0.39 is 11.9 Å². The van der Waals surface area contributed by atoms with E-state index in [1.165, 1.54) is 20.3 Å². The van der Waals surface area contributed by atoms with E-state index in [2.05, 4.69) is 14.8 Å². The smallest absolute Gasteiger partial charge is 0.335 e. The summed E-state index contributed by atoms with van der Waals surface area (Å²) in [6, 6.07) is -0.100. The zero-order valence-electron chi connectivity index (χ0n) is 8.91. The molecule has 1 rings (SSSR count). The number of carbonyl (C=O) groups is 2. The third-order valence-electron chi connectivity index (χ3n) is 2.33. The summed E-state index contributed by atoms with van der Waals surface area (Å²) in [6.07, 6.45) is 3.01. The highest BCUT2D eigenvalue weighted by Crippen LogP contribution is 2.15. The highest BCUT2D eigenvalue weighted by atomic mass is 16.5. The molecule has 0 spiro atoms. The van der Waals surface area contributed by atoms with Crippen LogP contribution in [0.4, 0.5) is 0 Å². The van der Waals surface area contributed by atoms with E-state index in [9.17, 15) is 9.59 Å². The van der Waals surface area contributed by atoms with Crippen LogP contribution in [0.25, 0.3) is 0 Å². The minimum absolute atomic E-state index is 0.100. The molecule has 0 aliphatic carbocycles. The highest BCUT2D eigenvalue weighted by Gasteiger charge is 2.25. The van der Waals surface area contributed by atoms with Gasteiger partial charge in [0, 0.05) is 12.1 Å². The fourth-order valence-electron chi connectivity index (χ4n) is 1.56. The molecule has 1 heterocycles. The van der Waals surface area contributed by atoms with Crippen molar-refractivity contribution in [1.29, 1.82) is 0 Å². The maximum atomic E-state index is 11.4. The predicted molar refractivity (Wildman–Crippen MR) is 53.1 cm³/mol. The number of hydrogen-bond acceptors (Lipinski definition) is 5. The Balaban J connectivity index is 2.81. The number of ether oxygens (including phenoxy) is 2. The van der Waals surface area contributed by atoms with Crippen molar-refractivity contribution in [1.82, 2.24) is 5.32 Å². The Morgan fingerprint density at radius 3 is 2.53 bits per heavy atom. The van der Waals surface area contributed by atoms with Gasteiger partial charge >= 0.3 is 11.9 Å². The maximum Gasteiger partial charge on any atom is 0.335 e. The lowest BCUT2D eigenvalue weighted by molar-refractivity contribution is -0.138. The van der Waals surface area contributed by atoms with Gasteiger partial charge in [0.05, 0.1) is 19.8 Å². The zero-order valence-corrected chi connectivity index (χ0v) is 8.91. The van der Waals surface area contributed by atoms with Crippen LogP contribution < -0.4 is 5.32 Å². The molecule has 1 unspecified atom stereocenters. The van der Waals surface area contributed by atoms with Crippen molar-refractivity contribution in [2.45, 2.75) is 18.9 Å². The molecule has 0 amide bonds. The summed E-state index contributed by atoms with van der Waals surface area (Å²) < 4.78 is 9.10. The van der Waals surface area contributed by atoms with Gasteiger partial charge in [-0.3, -0.25) is 0 Å². The predicted octanol–water partition coefficient (Wildman–Crippen LogP) is 0.0108. The average molecular weight is 213 g/mol. The van der Waals surface area contributed by atoms with Crippen LogP contribution in [0.5, 0.6) is 0 Å². The van der Waals surface area contributed by atoms with E-state index in [1.54, 1.807) is 0 Å². The molecule has 1 N–H and O–H groups in total. The van der Waals surface area contributed by atoms with E-state index in [4.69, 9.17) is 0 Å². The van der Waals surface area contributed by atoms with Gasteiger partial charge < -0.3 is 14.8 Å². The lowest BCUT2D eigenvalue weighted by atomic mass is 10.1. The van der Waals surface area contributed by atoms with Gasteiger partial charge in [0.15, 0.2) is 0 Å². The van der Waals surface area contributed by atoms with Crippen LogP contribution in [0.1, 0.15) is 12.8 Å². The Bertz CT molecular complexity index is 279. The minimum Gasteiger partial charge on any atom is -0.466 e. The van der Waals surface area contributed by atoms with Gasteiger partial charge in [0.25, 0.3) is 0 Å². The highest BCUT2D eigenvalue weighted by molar-refractivity contribution is 5.97. The van der Waals surface area contributed by atoms with Gasteiger partial charge in [-0.2, -0.15) is 0 Å². The first-order chi connectivity index (χ1) is 7.19. The van der Waals surface area contributed by atoms with Crippen molar-refractivity contribution in [3.8, 4) is 0 Å². The average Bonchev–Trinajstić information content (AvgIpc) is 2.77. The Labute approximate surface area is 88.4 Å². The molecule has 84 valence electrons. The first-order valence-corrected chi connectivity index (χ1v) is 4.80. The number of hydrogen-bond donors (Lipinski definition) is 1. The SMILES string of the molecule is COC(=O)/C=C(\C(=O)OC)C1CCCN1. The molecule has 5 heteroatoms. The molecule has 0 aromatic carbocycles. The summed E-state index contributed by atoms with van der Waals surface area (Å²) in [6.45, 7) is 0.847. The summed E-state index contributed by atoms with van der Waals surface area (Å²) in [5, 5.41) is 3.12. The van der Waals surface area contributed by atoms with Crippen molar-refractivity contribution >= 4 is 11.9 Å². The topological polar surface area (TPSA) is 64.6 Å². The van der Waals surface area contributed by atoms with Gasteiger partial charge in [0.1, 0.15) is 0 Å². The summed E-state index contributed by atoms with van der Waals surface area (Å²) in [4.78, 5) is 22.5. The van der Waals surface area contributed by atoms with Gasteiger partial charge in [-0.1, -0.05) is 0 Å². The van der Waals surface area contributed by atoms with Crippen LogP contribution in [0.3, 0.4) is 0 Å². The molecule has 1 saturated heterocycles. The van der Waals surface area contributed by atoms with Crippen LogP contribution in [-0.2, 0) is 19.1 Å². The number of carbonyl (C=O) groups excluding carboxylic acids is 2. The molecule has 0 aromatic heterocycles. The Kier molecular flexibility index (Phi) is 4.30. The summed E-state index contributed by atoms with van der Waals surface area (Å²) in [5.41, 5.74) is 0.335. The van der Waals surface area contributed by atoms with Gasteiger partial charge in [-0.25, -0.2) is 9.59 Å². The van der Waals surface area contributed by atoms with E-state index in [0.29, 0.717) is 5.57 Å². The number of nitrogens with one attached hydrogen (secondary N) is 1. The lowest BCUT2D eigenvalue weighted by Gasteiger charge is -2.12. The molecule has 0 radical (unpaired) electrons. The molecule has 15 heavy (non-hydrogen) atoms. The molecule has 1 atom stereocenters. The van der Waals surface area contributed by atoms with Crippen molar-refractivity contribution in [2.75, 3.05) is 20.8 Å². The lowest BCUT2D eigenvalue weighted by Crippen LogP contribution is -2.29. The fraction of sp³-hybridized carbons (Fsp3) is 0.600. The fourth-order valence-corrected chi connectivity index (χ4v) is 1.56. The maximum absolute atomic E-state index is 11.4. The van der Waals surface area contributed by atoms with Crippen LogP contribution in [0.2, 0.25) is 0 Å². The third kappa shape index (κ3) is 3.06. The van der Waals surface area contributed by atoms with Crippen LogP contribution in [-0.4, -0.2) is 38.7 Å². The molecule has 5 nitrogen and oxygen atoms in total. The van der Waals surface area contributed by atoms with Crippen molar-refractivity contribution < 1.29 is 19.1 Å². The largest absolute Gasteiger partial charge is 0.466 e. The normalized spacial score (nSPS) is 21.2.